The van der Waals surface area contributed by atoms with Gasteiger partial charge in [0.1, 0.15) is 11.4 Å². The van der Waals surface area contributed by atoms with Gasteiger partial charge in [0, 0.05) is 25.6 Å². The Morgan fingerprint density at radius 1 is 1.35 bits per heavy atom. The van der Waals surface area contributed by atoms with Crippen molar-refractivity contribution >= 4 is 11.6 Å². The molecule has 4 nitrogen and oxygen atoms in total. The number of amides is 1. The van der Waals surface area contributed by atoms with Crippen LogP contribution in [0.15, 0.2) is 35.3 Å². The largest absolute Gasteiger partial charge is 0.314 e. The SMILES string of the molecule is CN1C(=O)C(c2ccccc2)=N[C@]12CCNC2. The molecule has 3 rings (SSSR count). The van der Waals surface area contributed by atoms with Gasteiger partial charge >= 0.3 is 0 Å². The zero-order chi connectivity index (χ0) is 11.9. The van der Waals surface area contributed by atoms with Crippen molar-refractivity contribution in [1.29, 1.82) is 0 Å². The molecule has 1 N–H and O–H groups in total. The van der Waals surface area contributed by atoms with Crippen molar-refractivity contribution in [2.45, 2.75) is 12.1 Å². The van der Waals surface area contributed by atoms with Crippen LogP contribution in [0.2, 0.25) is 0 Å². The number of likely N-dealkylation sites (N-methyl/N-ethyl adjacent to an activating group) is 1. The molecule has 1 atom stereocenters. The summed E-state index contributed by atoms with van der Waals surface area (Å²) >= 11 is 0. The van der Waals surface area contributed by atoms with E-state index in [2.05, 4.69) is 10.3 Å². The highest BCUT2D eigenvalue weighted by atomic mass is 16.2. The third-order valence-corrected chi connectivity index (χ3v) is 3.61. The highest BCUT2D eigenvalue weighted by Crippen LogP contribution is 2.30. The fourth-order valence-corrected chi connectivity index (χ4v) is 2.51. The Kier molecular flexibility index (Phi) is 2.26. The van der Waals surface area contributed by atoms with E-state index >= 15 is 0 Å². The number of nitrogens with zero attached hydrogens (tertiary/aromatic N) is 2. The van der Waals surface area contributed by atoms with E-state index in [4.69, 9.17) is 0 Å². The Balaban J connectivity index is 2.03. The first-order chi connectivity index (χ1) is 8.23. The zero-order valence-electron chi connectivity index (χ0n) is 9.81. The molecule has 0 aliphatic carbocycles. The predicted octanol–water partition coefficient (Wildman–Crippen LogP) is 0.637. The molecule has 0 saturated carbocycles. The smallest absolute Gasteiger partial charge is 0.274 e. The normalized spacial score (nSPS) is 27.9. The van der Waals surface area contributed by atoms with E-state index in [0.29, 0.717) is 5.71 Å². The van der Waals surface area contributed by atoms with Crippen LogP contribution in [-0.2, 0) is 4.79 Å². The highest BCUT2D eigenvalue weighted by molar-refractivity contribution is 6.46. The van der Waals surface area contributed by atoms with Crippen LogP contribution in [0.1, 0.15) is 12.0 Å². The van der Waals surface area contributed by atoms with Gasteiger partial charge in [-0.1, -0.05) is 30.3 Å². The van der Waals surface area contributed by atoms with Gasteiger partial charge in [-0.3, -0.25) is 4.79 Å². The molecule has 1 amide bonds. The van der Waals surface area contributed by atoms with Crippen molar-refractivity contribution in [1.82, 2.24) is 10.2 Å². The number of carbonyl (C=O) groups is 1. The monoisotopic (exact) mass is 229 g/mol. The molecule has 1 aromatic carbocycles. The summed E-state index contributed by atoms with van der Waals surface area (Å²) in [5, 5.41) is 3.28. The lowest BCUT2D eigenvalue weighted by Gasteiger charge is -2.28. The summed E-state index contributed by atoms with van der Waals surface area (Å²) in [5.74, 6) is 0.0277. The summed E-state index contributed by atoms with van der Waals surface area (Å²) < 4.78 is 0. The summed E-state index contributed by atoms with van der Waals surface area (Å²) in [6, 6.07) is 9.68. The van der Waals surface area contributed by atoms with Gasteiger partial charge in [0.2, 0.25) is 0 Å². The van der Waals surface area contributed by atoms with Gasteiger partial charge in [-0.25, -0.2) is 4.99 Å². The van der Waals surface area contributed by atoms with E-state index < -0.39 is 0 Å². The molecule has 1 saturated heterocycles. The topological polar surface area (TPSA) is 44.7 Å². The van der Waals surface area contributed by atoms with Crippen LogP contribution in [0.4, 0.5) is 0 Å². The van der Waals surface area contributed by atoms with Crippen LogP contribution in [0.25, 0.3) is 0 Å². The molecule has 2 aliphatic heterocycles. The van der Waals surface area contributed by atoms with Crippen LogP contribution in [0, 0.1) is 0 Å². The maximum absolute atomic E-state index is 12.2. The fraction of sp³-hybridized carbons (Fsp3) is 0.385. The zero-order valence-corrected chi connectivity index (χ0v) is 9.81. The Morgan fingerprint density at radius 2 is 2.12 bits per heavy atom. The number of rotatable bonds is 1. The molecule has 1 spiro atoms. The van der Waals surface area contributed by atoms with Crippen molar-refractivity contribution in [3.63, 3.8) is 0 Å². The van der Waals surface area contributed by atoms with Crippen molar-refractivity contribution in [2.24, 2.45) is 4.99 Å². The van der Waals surface area contributed by atoms with Crippen molar-refractivity contribution in [3.8, 4) is 0 Å². The third-order valence-electron chi connectivity index (χ3n) is 3.61. The van der Waals surface area contributed by atoms with Gasteiger partial charge in [0.15, 0.2) is 0 Å². The van der Waals surface area contributed by atoms with E-state index in [0.717, 1.165) is 25.1 Å². The number of carbonyl (C=O) groups excluding carboxylic acids is 1. The first-order valence-electron chi connectivity index (χ1n) is 5.87. The van der Waals surface area contributed by atoms with Crippen LogP contribution in [-0.4, -0.2) is 42.3 Å². The maximum Gasteiger partial charge on any atom is 0.274 e. The standard InChI is InChI=1S/C13H15N3O/c1-16-12(17)11(10-5-3-2-4-6-10)15-13(16)7-8-14-9-13/h2-6,14H,7-9H2,1H3/t13-/m1/s1. The summed E-state index contributed by atoms with van der Waals surface area (Å²) in [7, 11) is 1.84. The molecule has 88 valence electrons. The fourth-order valence-electron chi connectivity index (χ4n) is 2.51. The van der Waals surface area contributed by atoms with Crippen LogP contribution >= 0.6 is 0 Å². The first kappa shape index (κ1) is 10.5. The van der Waals surface area contributed by atoms with E-state index in [1.165, 1.54) is 0 Å². The second-order valence-corrected chi connectivity index (χ2v) is 4.60. The summed E-state index contributed by atoms with van der Waals surface area (Å²) in [6.07, 6.45) is 0.894. The Morgan fingerprint density at radius 3 is 2.76 bits per heavy atom. The molecule has 0 unspecified atom stereocenters. The molecule has 17 heavy (non-hydrogen) atoms. The molecule has 0 radical (unpaired) electrons. The Hall–Kier alpha value is -1.68. The second-order valence-electron chi connectivity index (χ2n) is 4.60. The summed E-state index contributed by atoms with van der Waals surface area (Å²) in [6.45, 7) is 1.68. The molecule has 2 heterocycles. The number of benzene rings is 1. The van der Waals surface area contributed by atoms with Gasteiger partial charge in [0.05, 0.1) is 0 Å². The van der Waals surface area contributed by atoms with Gasteiger partial charge < -0.3 is 10.2 Å². The number of hydrogen-bond donors (Lipinski definition) is 1. The van der Waals surface area contributed by atoms with Crippen LogP contribution in [0.3, 0.4) is 0 Å². The number of hydrogen-bond acceptors (Lipinski definition) is 3. The van der Waals surface area contributed by atoms with E-state index in [-0.39, 0.29) is 11.6 Å². The highest BCUT2D eigenvalue weighted by Gasteiger charge is 2.46. The average molecular weight is 229 g/mol. The van der Waals surface area contributed by atoms with E-state index in [1.807, 2.05) is 37.4 Å². The van der Waals surface area contributed by atoms with Gasteiger partial charge in [-0.05, 0) is 6.54 Å². The molecular weight excluding hydrogens is 214 g/mol. The quantitative estimate of drug-likeness (QED) is 0.768. The van der Waals surface area contributed by atoms with Crippen LogP contribution < -0.4 is 5.32 Å². The first-order valence-corrected chi connectivity index (χ1v) is 5.87. The number of aliphatic imine (C=N–C) groups is 1. The molecule has 2 aliphatic rings. The van der Waals surface area contributed by atoms with Crippen LogP contribution in [0.5, 0.6) is 0 Å². The van der Waals surface area contributed by atoms with Crippen molar-refractivity contribution < 1.29 is 4.79 Å². The van der Waals surface area contributed by atoms with E-state index in [1.54, 1.807) is 4.90 Å². The molecule has 0 bridgehead atoms. The average Bonchev–Trinajstić information content (AvgIpc) is 2.93. The summed E-state index contributed by atoms with van der Waals surface area (Å²) in [5.41, 5.74) is 1.16. The van der Waals surface area contributed by atoms with Gasteiger partial charge in [-0.2, -0.15) is 0 Å². The lowest BCUT2D eigenvalue weighted by Crippen LogP contribution is -2.45. The maximum atomic E-state index is 12.2. The van der Waals surface area contributed by atoms with E-state index in [9.17, 15) is 4.79 Å². The summed E-state index contributed by atoms with van der Waals surface area (Å²) in [4.78, 5) is 18.7. The minimum atomic E-state index is -0.345. The molecule has 4 heteroatoms. The second kappa shape index (κ2) is 3.67. The minimum Gasteiger partial charge on any atom is -0.314 e. The Labute approximate surface area is 100 Å². The minimum absolute atomic E-state index is 0.0277. The molecule has 1 fully saturated rings. The van der Waals surface area contributed by atoms with Crippen molar-refractivity contribution in [2.75, 3.05) is 20.1 Å². The third kappa shape index (κ3) is 1.48. The van der Waals surface area contributed by atoms with Gasteiger partial charge in [0.25, 0.3) is 5.91 Å². The Bertz CT molecular complexity index is 475. The molecular formula is C13H15N3O. The molecule has 1 aromatic rings. The van der Waals surface area contributed by atoms with Gasteiger partial charge in [-0.15, -0.1) is 0 Å². The lowest BCUT2D eigenvalue weighted by atomic mass is 10.1. The van der Waals surface area contributed by atoms with Crippen molar-refractivity contribution in [3.05, 3.63) is 35.9 Å². The molecule has 0 aromatic heterocycles. The number of nitrogens with one attached hydrogen (secondary N) is 1. The lowest BCUT2D eigenvalue weighted by molar-refractivity contribution is -0.125. The predicted molar refractivity (Wildman–Crippen MR) is 66.0 cm³/mol.